The summed E-state index contributed by atoms with van der Waals surface area (Å²) in [6.07, 6.45) is 3.94. The Morgan fingerprint density at radius 1 is 1.11 bits per heavy atom. The number of piperidine rings is 1. The molecule has 1 aliphatic heterocycles. The van der Waals surface area contributed by atoms with Gasteiger partial charge in [0.15, 0.2) is 0 Å². The lowest BCUT2D eigenvalue weighted by Gasteiger charge is -2.32. The number of thioether (sulfide) groups is 1. The molecule has 0 N–H and O–H groups in total. The number of halogens is 1. The van der Waals surface area contributed by atoms with E-state index in [2.05, 4.69) is 15.6 Å². The summed E-state index contributed by atoms with van der Waals surface area (Å²) >= 11 is 1.47. The summed E-state index contributed by atoms with van der Waals surface area (Å²) in [6, 6.07) is 14.5. The van der Waals surface area contributed by atoms with E-state index in [1.165, 1.54) is 29.4 Å². The number of para-hydroxylation sites is 2. The van der Waals surface area contributed by atoms with E-state index in [-0.39, 0.29) is 11.7 Å². The topological polar surface area (TPSA) is 38.1 Å². The molecule has 0 bridgehead atoms. The highest BCUT2D eigenvalue weighted by Gasteiger charge is 2.23. The molecule has 0 unspecified atom stereocenters. The predicted molar refractivity (Wildman–Crippen MR) is 106 cm³/mol. The minimum Gasteiger partial charge on any atom is -0.342 e. The van der Waals surface area contributed by atoms with E-state index in [4.69, 9.17) is 0 Å². The number of nitrogens with zero attached hydrogens (tertiary/aromatic N) is 3. The van der Waals surface area contributed by atoms with Gasteiger partial charge in [-0.25, -0.2) is 9.37 Å². The number of hydrogen-bond acceptors (Lipinski definition) is 3. The fourth-order valence-corrected chi connectivity index (χ4v) is 4.37. The van der Waals surface area contributed by atoms with Crippen LogP contribution in [-0.4, -0.2) is 39.2 Å². The van der Waals surface area contributed by atoms with Crippen LogP contribution in [0, 0.1) is 11.7 Å². The van der Waals surface area contributed by atoms with E-state index in [1.807, 2.05) is 29.4 Å². The molecule has 4 nitrogen and oxygen atoms in total. The van der Waals surface area contributed by atoms with E-state index in [9.17, 15) is 9.18 Å². The second kappa shape index (κ2) is 8.13. The van der Waals surface area contributed by atoms with E-state index < -0.39 is 0 Å². The molecular formula is C21H22FN3OS. The van der Waals surface area contributed by atoms with E-state index >= 15 is 0 Å². The Morgan fingerprint density at radius 3 is 2.63 bits per heavy atom. The summed E-state index contributed by atoms with van der Waals surface area (Å²) in [5.74, 6) is 0.883. The molecule has 140 valence electrons. The predicted octanol–water partition coefficient (Wildman–Crippen LogP) is 4.21. The number of likely N-dealkylation sites (tertiary alicyclic amines) is 1. The number of rotatable bonds is 5. The fraction of sp³-hybridized carbons (Fsp3) is 0.333. The summed E-state index contributed by atoms with van der Waals surface area (Å²) in [5.41, 5.74) is 2.20. The van der Waals surface area contributed by atoms with Crippen molar-refractivity contribution in [3.8, 4) is 0 Å². The second-order valence-corrected chi connectivity index (χ2v) is 8.00. The van der Waals surface area contributed by atoms with Crippen LogP contribution >= 0.6 is 11.8 Å². The molecule has 2 heterocycles. The molecular weight excluding hydrogens is 361 g/mol. The summed E-state index contributed by atoms with van der Waals surface area (Å²) < 4.78 is 15.2. The Kier molecular flexibility index (Phi) is 5.43. The van der Waals surface area contributed by atoms with Gasteiger partial charge in [-0.05, 0) is 55.2 Å². The first-order chi connectivity index (χ1) is 13.2. The van der Waals surface area contributed by atoms with Gasteiger partial charge >= 0.3 is 0 Å². The first-order valence-electron chi connectivity index (χ1n) is 9.25. The standard InChI is InChI=1S/C21H22FN3OS/c22-17-5-7-18(8-6-17)27-14-21(26)24-11-9-16(10-12-24)13-25-15-23-19-3-1-2-4-20(19)25/h1-8,15-16H,9-14H2. The number of fused-ring (bicyclic) bond motifs is 1. The highest BCUT2D eigenvalue weighted by molar-refractivity contribution is 8.00. The fourth-order valence-electron chi connectivity index (χ4n) is 3.57. The largest absolute Gasteiger partial charge is 0.342 e. The van der Waals surface area contributed by atoms with Crippen LogP contribution in [0.3, 0.4) is 0 Å². The van der Waals surface area contributed by atoms with Crippen LogP contribution in [-0.2, 0) is 11.3 Å². The lowest BCUT2D eigenvalue weighted by Crippen LogP contribution is -2.40. The maximum atomic E-state index is 12.9. The van der Waals surface area contributed by atoms with E-state index in [0.29, 0.717) is 11.7 Å². The van der Waals surface area contributed by atoms with E-state index in [1.54, 1.807) is 12.1 Å². The molecule has 1 saturated heterocycles. The van der Waals surface area contributed by atoms with Gasteiger partial charge in [0.1, 0.15) is 5.82 Å². The first kappa shape index (κ1) is 18.0. The SMILES string of the molecule is O=C(CSc1ccc(F)cc1)N1CCC(Cn2cnc3ccccc32)CC1. The Balaban J connectivity index is 1.27. The van der Waals surface area contributed by atoms with E-state index in [0.717, 1.165) is 42.9 Å². The van der Waals surface area contributed by atoms with Crippen LogP contribution < -0.4 is 0 Å². The zero-order valence-corrected chi connectivity index (χ0v) is 15.9. The monoisotopic (exact) mass is 383 g/mol. The molecule has 1 aliphatic rings. The first-order valence-corrected chi connectivity index (χ1v) is 10.2. The van der Waals surface area contributed by atoms with Crippen molar-refractivity contribution >= 4 is 28.7 Å². The van der Waals surface area contributed by atoms with Crippen LogP contribution in [0.1, 0.15) is 12.8 Å². The van der Waals surface area contributed by atoms with Gasteiger partial charge in [0.2, 0.25) is 5.91 Å². The Hall–Kier alpha value is -2.34. The summed E-state index contributed by atoms with van der Waals surface area (Å²) in [5, 5.41) is 0. The molecule has 27 heavy (non-hydrogen) atoms. The number of imidazole rings is 1. The molecule has 0 atom stereocenters. The normalized spacial score (nSPS) is 15.4. The van der Waals surface area contributed by atoms with Crippen molar-refractivity contribution in [1.82, 2.24) is 14.5 Å². The van der Waals surface area contributed by atoms with Gasteiger partial charge in [-0.3, -0.25) is 4.79 Å². The minimum atomic E-state index is -0.251. The highest BCUT2D eigenvalue weighted by atomic mass is 32.2. The van der Waals surface area contributed by atoms with Crippen LogP contribution in [0.4, 0.5) is 4.39 Å². The lowest BCUT2D eigenvalue weighted by atomic mass is 9.96. The van der Waals surface area contributed by atoms with Gasteiger partial charge in [0, 0.05) is 24.5 Å². The van der Waals surface area contributed by atoms with Gasteiger partial charge < -0.3 is 9.47 Å². The van der Waals surface area contributed by atoms with Crippen molar-refractivity contribution in [2.75, 3.05) is 18.8 Å². The summed E-state index contributed by atoms with van der Waals surface area (Å²) in [7, 11) is 0. The minimum absolute atomic E-state index is 0.163. The van der Waals surface area contributed by atoms with Crippen LogP contribution in [0.25, 0.3) is 11.0 Å². The molecule has 6 heteroatoms. The molecule has 1 amide bonds. The Bertz CT molecular complexity index is 917. The van der Waals surface area contributed by atoms with Crippen molar-refractivity contribution in [3.05, 3.63) is 60.7 Å². The van der Waals surface area contributed by atoms with Crippen molar-refractivity contribution in [2.24, 2.45) is 5.92 Å². The molecule has 3 aromatic rings. The third-order valence-corrected chi connectivity index (χ3v) is 6.12. The molecule has 0 aliphatic carbocycles. The molecule has 2 aromatic carbocycles. The zero-order chi connectivity index (χ0) is 18.6. The second-order valence-electron chi connectivity index (χ2n) is 6.95. The number of amides is 1. The molecule has 1 aromatic heterocycles. The van der Waals surface area contributed by atoms with Crippen LogP contribution in [0.5, 0.6) is 0 Å². The summed E-state index contributed by atoms with van der Waals surface area (Å²) in [6.45, 7) is 2.56. The van der Waals surface area contributed by atoms with Crippen molar-refractivity contribution in [1.29, 1.82) is 0 Å². The van der Waals surface area contributed by atoms with Gasteiger partial charge in [-0.1, -0.05) is 12.1 Å². The third-order valence-electron chi connectivity index (χ3n) is 5.13. The van der Waals surface area contributed by atoms with Crippen molar-refractivity contribution < 1.29 is 9.18 Å². The maximum absolute atomic E-state index is 12.9. The smallest absolute Gasteiger partial charge is 0.232 e. The molecule has 0 saturated carbocycles. The van der Waals surface area contributed by atoms with Crippen LogP contribution in [0.2, 0.25) is 0 Å². The average Bonchev–Trinajstić information content (AvgIpc) is 3.11. The molecule has 4 rings (SSSR count). The molecule has 0 radical (unpaired) electrons. The Labute approximate surface area is 162 Å². The highest BCUT2D eigenvalue weighted by Crippen LogP contribution is 2.24. The molecule has 0 spiro atoms. The van der Waals surface area contributed by atoms with Crippen LogP contribution in [0.15, 0.2) is 59.8 Å². The third kappa shape index (κ3) is 4.33. The Morgan fingerprint density at radius 2 is 1.85 bits per heavy atom. The zero-order valence-electron chi connectivity index (χ0n) is 15.1. The summed E-state index contributed by atoms with van der Waals surface area (Å²) in [4.78, 5) is 19.8. The number of aromatic nitrogens is 2. The number of carbonyl (C=O) groups is 1. The number of hydrogen-bond donors (Lipinski definition) is 0. The quantitative estimate of drug-likeness (QED) is 0.620. The average molecular weight is 383 g/mol. The maximum Gasteiger partial charge on any atom is 0.232 e. The lowest BCUT2D eigenvalue weighted by molar-refractivity contribution is -0.129. The van der Waals surface area contributed by atoms with Gasteiger partial charge in [-0.2, -0.15) is 0 Å². The molecule has 1 fully saturated rings. The number of benzene rings is 2. The van der Waals surface area contributed by atoms with Gasteiger partial charge in [0.05, 0.1) is 23.1 Å². The number of carbonyl (C=O) groups excluding carboxylic acids is 1. The van der Waals surface area contributed by atoms with Crippen molar-refractivity contribution in [3.63, 3.8) is 0 Å². The van der Waals surface area contributed by atoms with Gasteiger partial charge in [-0.15, -0.1) is 11.8 Å². The van der Waals surface area contributed by atoms with Crippen molar-refractivity contribution in [2.45, 2.75) is 24.3 Å². The van der Waals surface area contributed by atoms with Gasteiger partial charge in [0.25, 0.3) is 0 Å².